The van der Waals surface area contributed by atoms with Crippen molar-refractivity contribution in [3.8, 4) is 0 Å². The number of anilines is 1. The summed E-state index contributed by atoms with van der Waals surface area (Å²) in [6.07, 6.45) is 3.53. The SMILES string of the molecule is C[C@@H]1[C@H](C)CCC[C@@H]1NC(=O)[C@@H](C)N1CCN(CC(=O)Nc2ccccc2Cl)CC1. The molecular formula is C23H35ClN4O2. The average molecular weight is 435 g/mol. The first-order chi connectivity index (χ1) is 14.3. The smallest absolute Gasteiger partial charge is 0.238 e. The molecule has 3 rings (SSSR count). The van der Waals surface area contributed by atoms with Crippen LogP contribution in [0.25, 0.3) is 0 Å². The van der Waals surface area contributed by atoms with Crippen molar-refractivity contribution in [3.63, 3.8) is 0 Å². The molecule has 4 atom stereocenters. The van der Waals surface area contributed by atoms with Crippen molar-refractivity contribution in [1.29, 1.82) is 0 Å². The van der Waals surface area contributed by atoms with Gasteiger partial charge in [-0.25, -0.2) is 0 Å². The van der Waals surface area contributed by atoms with Crippen LogP contribution in [0.3, 0.4) is 0 Å². The number of benzene rings is 1. The molecule has 1 aromatic rings. The summed E-state index contributed by atoms with van der Waals surface area (Å²) < 4.78 is 0. The Kier molecular flexibility index (Phi) is 8.14. The zero-order valence-corrected chi connectivity index (χ0v) is 19.1. The summed E-state index contributed by atoms with van der Waals surface area (Å²) in [6.45, 7) is 9.96. The van der Waals surface area contributed by atoms with Crippen LogP contribution in [0.1, 0.15) is 40.0 Å². The minimum absolute atomic E-state index is 0.0669. The Bertz CT molecular complexity index is 736. The zero-order valence-electron chi connectivity index (χ0n) is 18.4. The van der Waals surface area contributed by atoms with E-state index in [2.05, 4.69) is 34.3 Å². The summed E-state index contributed by atoms with van der Waals surface area (Å²) in [4.78, 5) is 29.5. The van der Waals surface area contributed by atoms with E-state index in [0.717, 1.165) is 32.6 Å². The second-order valence-corrected chi connectivity index (χ2v) is 9.31. The Hall–Kier alpha value is -1.63. The highest BCUT2D eigenvalue weighted by atomic mass is 35.5. The minimum Gasteiger partial charge on any atom is -0.352 e. The monoisotopic (exact) mass is 434 g/mol. The van der Waals surface area contributed by atoms with Crippen molar-refractivity contribution < 1.29 is 9.59 Å². The Morgan fingerprint density at radius 1 is 1.13 bits per heavy atom. The van der Waals surface area contributed by atoms with Gasteiger partial charge < -0.3 is 10.6 Å². The lowest BCUT2D eigenvalue weighted by molar-refractivity contribution is -0.128. The molecule has 2 aliphatic rings. The van der Waals surface area contributed by atoms with Crippen LogP contribution in [-0.4, -0.2) is 66.4 Å². The van der Waals surface area contributed by atoms with E-state index < -0.39 is 0 Å². The van der Waals surface area contributed by atoms with Crippen LogP contribution in [0.5, 0.6) is 0 Å². The van der Waals surface area contributed by atoms with Crippen molar-refractivity contribution >= 4 is 29.1 Å². The van der Waals surface area contributed by atoms with Gasteiger partial charge in [0.05, 0.1) is 23.3 Å². The summed E-state index contributed by atoms with van der Waals surface area (Å²) >= 11 is 6.11. The largest absolute Gasteiger partial charge is 0.352 e. The highest BCUT2D eigenvalue weighted by molar-refractivity contribution is 6.33. The third-order valence-corrected chi connectivity index (χ3v) is 7.21. The number of nitrogens with one attached hydrogen (secondary N) is 2. The standard InChI is InChI=1S/C23H35ClN4O2/c1-16-7-6-10-20(17(16)2)26-23(30)18(3)28-13-11-27(12-14-28)15-22(29)25-21-9-5-4-8-19(21)24/h4-5,8-9,16-18,20H,6-7,10-15H2,1-3H3,(H,25,29)(H,26,30)/t16-,17-,18-,20+/m1/s1. The van der Waals surface area contributed by atoms with Gasteiger partial charge in [-0.3, -0.25) is 19.4 Å². The summed E-state index contributed by atoms with van der Waals surface area (Å²) in [5.74, 6) is 1.26. The summed E-state index contributed by atoms with van der Waals surface area (Å²) in [6, 6.07) is 7.39. The number of rotatable bonds is 6. The van der Waals surface area contributed by atoms with E-state index in [0.29, 0.717) is 35.1 Å². The van der Waals surface area contributed by atoms with Crippen molar-refractivity contribution in [2.75, 3.05) is 38.0 Å². The molecule has 2 amide bonds. The van der Waals surface area contributed by atoms with Gasteiger partial charge in [0.2, 0.25) is 11.8 Å². The number of halogens is 1. The van der Waals surface area contributed by atoms with E-state index >= 15 is 0 Å². The second-order valence-electron chi connectivity index (χ2n) is 8.90. The van der Waals surface area contributed by atoms with Gasteiger partial charge in [-0.1, -0.05) is 50.4 Å². The van der Waals surface area contributed by atoms with Gasteiger partial charge in [-0.15, -0.1) is 0 Å². The lowest BCUT2D eigenvalue weighted by Crippen LogP contribution is -2.56. The van der Waals surface area contributed by atoms with E-state index in [4.69, 9.17) is 11.6 Å². The van der Waals surface area contributed by atoms with Crippen molar-refractivity contribution in [1.82, 2.24) is 15.1 Å². The molecule has 0 bridgehead atoms. The molecular weight excluding hydrogens is 400 g/mol. The highest BCUT2D eigenvalue weighted by Gasteiger charge is 2.31. The Morgan fingerprint density at radius 2 is 1.83 bits per heavy atom. The van der Waals surface area contributed by atoms with Crippen molar-refractivity contribution in [2.45, 2.75) is 52.1 Å². The normalized spacial score (nSPS) is 26.7. The molecule has 1 saturated heterocycles. The van der Waals surface area contributed by atoms with Crippen LogP contribution in [0.4, 0.5) is 5.69 Å². The number of nitrogens with zero attached hydrogens (tertiary/aromatic N) is 2. The molecule has 6 nitrogen and oxygen atoms in total. The summed E-state index contributed by atoms with van der Waals surface area (Å²) in [5.41, 5.74) is 0.638. The second kappa shape index (κ2) is 10.6. The first kappa shape index (κ1) is 23.0. The van der Waals surface area contributed by atoms with Gasteiger partial charge in [0.25, 0.3) is 0 Å². The fourth-order valence-corrected chi connectivity index (χ4v) is 4.70. The molecule has 1 aliphatic heterocycles. The molecule has 1 aliphatic carbocycles. The molecule has 166 valence electrons. The zero-order chi connectivity index (χ0) is 21.7. The Morgan fingerprint density at radius 3 is 2.53 bits per heavy atom. The maximum atomic E-state index is 12.8. The van der Waals surface area contributed by atoms with Crippen LogP contribution in [0, 0.1) is 11.8 Å². The molecule has 1 saturated carbocycles. The quantitative estimate of drug-likeness (QED) is 0.721. The topological polar surface area (TPSA) is 64.7 Å². The van der Waals surface area contributed by atoms with Crippen LogP contribution in [0.2, 0.25) is 5.02 Å². The molecule has 1 aromatic carbocycles. The van der Waals surface area contributed by atoms with Crippen LogP contribution in [0.15, 0.2) is 24.3 Å². The molecule has 0 aromatic heterocycles. The lowest BCUT2D eigenvalue weighted by Gasteiger charge is -2.39. The van der Waals surface area contributed by atoms with E-state index in [1.807, 2.05) is 19.1 Å². The summed E-state index contributed by atoms with van der Waals surface area (Å²) in [5, 5.41) is 6.71. The van der Waals surface area contributed by atoms with Crippen molar-refractivity contribution in [3.05, 3.63) is 29.3 Å². The summed E-state index contributed by atoms with van der Waals surface area (Å²) in [7, 11) is 0. The number of amides is 2. The van der Waals surface area contributed by atoms with Gasteiger partial charge in [-0.05, 0) is 37.3 Å². The Balaban J connectivity index is 1.42. The van der Waals surface area contributed by atoms with E-state index in [9.17, 15) is 9.59 Å². The van der Waals surface area contributed by atoms with Gasteiger partial charge in [-0.2, -0.15) is 0 Å². The van der Waals surface area contributed by atoms with Gasteiger partial charge >= 0.3 is 0 Å². The molecule has 30 heavy (non-hydrogen) atoms. The van der Waals surface area contributed by atoms with Crippen molar-refractivity contribution in [2.24, 2.45) is 11.8 Å². The maximum absolute atomic E-state index is 12.8. The first-order valence-corrected chi connectivity index (χ1v) is 11.5. The predicted octanol–water partition coefficient (Wildman–Crippen LogP) is 3.23. The number of carbonyl (C=O) groups excluding carboxylic acids is 2. The Labute approximate surface area is 185 Å². The van der Waals surface area contributed by atoms with Crippen LogP contribution >= 0.6 is 11.6 Å². The molecule has 7 heteroatoms. The third-order valence-electron chi connectivity index (χ3n) is 6.88. The van der Waals surface area contributed by atoms with E-state index in [1.54, 1.807) is 12.1 Å². The molecule has 2 fully saturated rings. The van der Waals surface area contributed by atoms with Gasteiger partial charge in [0.15, 0.2) is 0 Å². The van der Waals surface area contributed by atoms with E-state index in [1.165, 1.54) is 12.8 Å². The number of hydrogen-bond donors (Lipinski definition) is 2. The average Bonchev–Trinajstić information content (AvgIpc) is 2.73. The molecule has 0 spiro atoms. The van der Waals surface area contributed by atoms with Crippen LogP contribution < -0.4 is 10.6 Å². The van der Waals surface area contributed by atoms with Gasteiger partial charge in [0.1, 0.15) is 0 Å². The molecule has 0 unspecified atom stereocenters. The molecule has 1 heterocycles. The first-order valence-electron chi connectivity index (χ1n) is 11.2. The maximum Gasteiger partial charge on any atom is 0.238 e. The van der Waals surface area contributed by atoms with Gasteiger partial charge in [0, 0.05) is 32.2 Å². The minimum atomic E-state index is -0.145. The number of para-hydroxylation sites is 1. The third kappa shape index (κ3) is 5.96. The molecule has 0 radical (unpaired) electrons. The fourth-order valence-electron chi connectivity index (χ4n) is 4.52. The molecule has 2 N–H and O–H groups in total. The van der Waals surface area contributed by atoms with Crippen LogP contribution in [-0.2, 0) is 9.59 Å². The number of carbonyl (C=O) groups is 2. The lowest BCUT2D eigenvalue weighted by atomic mass is 9.78. The highest BCUT2D eigenvalue weighted by Crippen LogP contribution is 2.29. The number of piperazine rings is 1. The van der Waals surface area contributed by atoms with E-state index in [-0.39, 0.29) is 17.9 Å². The predicted molar refractivity (Wildman–Crippen MR) is 122 cm³/mol. The number of hydrogen-bond acceptors (Lipinski definition) is 4. The fraction of sp³-hybridized carbons (Fsp3) is 0.652.